The zero-order valence-corrected chi connectivity index (χ0v) is 9.46. The summed E-state index contributed by atoms with van der Waals surface area (Å²) in [7, 11) is 0. The van der Waals surface area contributed by atoms with Gasteiger partial charge in [0.2, 0.25) is 0 Å². The molecule has 0 saturated heterocycles. The van der Waals surface area contributed by atoms with Gasteiger partial charge in [-0.3, -0.25) is 4.90 Å². The molecule has 1 fully saturated rings. The Morgan fingerprint density at radius 2 is 2.29 bits per heavy atom. The third-order valence-corrected chi connectivity index (χ3v) is 3.02. The fraction of sp³-hybridized carbons (Fsp3) is 0.889. The van der Waals surface area contributed by atoms with Crippen molar-refractivity contribution in [3.8, 4) is 0 Å². The van der Waals surface area contributed by atoms with Crippen LogP contribution in [0.2, 0.25) is 0 Å². The minimum atomic E-state index is 0.333. The van der Waals surface area contributed by atoms with Crippen LogP contribution in [0.1, 0.15) is 19.3 Å². The minimum absolute atomic E-state index is 0.333. The molecule has 3 N–H and O–H groups in total. The minimum Gasteiger partial charge on any atom is -0.409 e. The van der Waals surface area contributed by atoms with Crippen molar-refractivity contribution < 1.29 is 5.21 Å². The number of nitrogens with zero attached hydrogens (tertiary/aromatic N) is 2. The van der Waals surface area contributed by atoms with Crippen LogP contribution in [0, 0.1) is 0 Å². The predicted octanol–water partition coefficient (Wildman–Crippen LogP) is 0.950. The largest absolute Gasteiger partial charge is 0.409 e. The van der Waals surface area contributed by atoms with Crippen LogP contribution in [0.25, 0.3) is 0 Å². The van der Waals surface area contributed by atoms with Crippen molar-refractivity contribution in [1.29, 1.82) is 0 Å². The van der Waals surface area contributed by atoms with Gasteiger partial charge in [-0.15, -0.1) is 0 Å². The molecule has 0 bridgehead atoms. The molecule has 0 spiro atoms. The summed E-state index contributed by atoms with van der Waals surface area (Å²) in [5, 5.41) is 11.4. The summed E-state index contributed by atoms with van der Waals surface area (Å²) >= 11 is 1.86. The van der Waals surface area contributed by atoms with Crippen LogP contribution in [-0.2, 0) is 0 Å². The van der Waals surface area contributed by atoms with Gasteiger partial charge in [0, 0.05) is 31.3 Å². The fourth-order valence-electron chi connectivity index (χ4n) is 1.43. The van der Waals surface area contributed by atoms with Gasteiger partial charge in [0.05, 0.1) is 0 Å². The lowest BCUT2D eigenvalue weighted by Gasteiger charge is -2.20. The number of hydrogen-bond donors (Lipinski definition) is 2. The lowest BCUT2D eigenvalue weighted by Crippen LogP contribution is -2.32. The molecule has 1 aliphatic carbocycles. The van der Waals surface area contributed by atoms with Gasteiger partial charge in [-0.25, -0.2) is 0 Å². The number of amidine groups is 1. The van der Waals surface area contributed by atoms with E-state index in [0.717, 1.165) is 24.9 Å². The Morgan fingerprint density at radius 3 is 2.79 bits per heavy atom. The number of hydrogen-bond acceptors (Lipinski definition) is 4. The van der Waals surface area contributed by atoms with Crippen molar-refractivity contribution in [2.24, 2.45) is 10.9 Å². The van der Waals surface area contributed by atoms with E-state index in [1.807, 2.05) is 11.8 Å². The third-order valence-electron chi connectivity index (χ3n) is 2.43. The van der Waals surface area contributed by atoms with E-state index in [0.29, 0.717) is 12.3 Å². The summed E-state index contributed by atoms with van der Waals surface area (Å²) in [6.45, 7) is 2.03. The molecule has 14 heavy (non-hydrogen) atoms. The first-order valence-corrected chi connectivity index (χ1v) is 6.36. The lowest BCUT2D eigenvalue weighted by molar-refractivity contribution is 0.283. The molecule has 0 heterocycles. The summed E-state index contributed by atoms with van der Waals surface area (Å²) in [5.41, 5.74) is 5.44. The number of nitrogens with two attached hydrogens (primary N) is 1. The fourth-order valence-corrected chi connectivity index (χ4v) is 1.85. The van der Waals surface area contributed by atoms with Crippen LogP contribution < -0.4 is 5.73 Å². The molecule has 5 heteroatoms. The first-order chi connectivity index (χ1) is 6.77. The van der Waals surface area contributed by atoms with Crippen molar-refractivity contribution in [3.63, 3.8) is 0 Å². The topological polar surface area (TPSA) is 61.8 Å². The van der Waals surface area contributed by atoms with Crippen LogP contribution in [0.3, 0.4) is 0 Å². The predicted molar refractivity (Wildman–Crippen MR) is 61.0 cm³/mol. The Hall–Kier alpha value is -0.420. The second-order valence-corrected chi connectivity index (χ2v) is 4.59. The van der Waals surface area contributed by atoms with E-state index in [4.69, 9.17) is 10.9 Å². The summed E-state index contributed by atoms with van der Waals surface area (Å²) in [5.74, 6) is 1.49. The molecule has 0 aliphatic heterocycles. The Balaban J connectivity index is 2.21. The summed E-state index contributed by atoms with van der Waals surface area (Å²) in [4.78, 5) is 2.44. The van der Waals surface area contributed by atoms with Gasteiger partial charge in [0.15, 0.2) is 0 Å². The van der Waals surface area contributed by atoms with Gasteiger partial charge in [-0.05, 0) is 19.1 Å². The average molecular weight is 217 g/mol. The van der Waals surface area contributed by atoms with Gasteiger partial charge < -0.3 is 10.9 Å². The second-order valence-electron chi connectivity index (χ2n) is 3.60. The summed E-state index contributed by atoms with van der Waals surface area (Å²) < 4.78 is 0. The molecule has 0 amide bonds. The maximum Gasteiger partial charge on any atom is 0.140 e. The highest BCUT2D eigenvalue weighted by Crippen LogP contribution is 2.26. The van der Waals surface area contributed by atoms with Gasteiger partial charge in [0.25, 0.3) is 0 Å². The van der Waals surface area contributed by atoms with Gasteiger partial charge in [-0.2, -0.15) is 11.8 Å². The van der Waals surface area contributed by atoms with Crippen LogP contribution in [0.4, 0.5) is 0 Å². The van der Waals surface area contributed by atoms with Crippen molar-refractivity contribution in [3.05, 3.63) is 0 Å². The molecular weight excluding hydrogens is 198 g/mol. The highest BCUT2D eigenvalue weighted by atomic mass is 32.2. The molecule has 0 aromatic rings. The summed E-state index contributed by atoms with van der Waals surface area (Å²) in [6.07, 6.45) is 5.41. The average Bonchev–Trinajstić information content (AvgIpc) is 3.01. The maximum absolute atomic E-state index is 8.42. The summed E-state index contributed by atoms with van der Waals surface area (Å²) in [6, 6.07) is 0.758. The third kappa shape index (κ3) is 4.19. The number of rotatable bonds is 7. The van der Waals surface area contributed by atoms with Crippen LogP contribution in [0.15, 0.2) is 5.16 Å². The zero-order chi connectivity index (χ0) is 10.4. The zero-order valence-electron chi connectivity index (χ0n) is 8.65. The van der Waals surface area contributed by atoms with Crippen molar-refractivity contribution in [2.45, 2.75) is 25.3 Å². The van der Waals surface area contributed by atoms with Crippen molar-refractivity contribution in [2.75, 3.05) is 25.1 Å². The Labute approximate surface area is 89.5 Å². The van der Waals surface area contributed by atoms with E-state index in [1.54, 1.807) is 0 Å². The monoisotopic (exact) mass is 217 g/mol. The Bertz CT molecular complexity index is 194. The molecule has 4 nitrogen and oxygen atoms in total. The smallest absolute Gasteiger partial charge is 0.140 e. The number of oxime groups is 1. The van der Waals surface area contributed by atoms with E-state index in [1.165, 1.54) is 12.8 Å². The number of thioether (sulfide) groups is 1. The van der Waals surface area contributed by atoms with Crippen molar-refractivity contribution in [1.82, 2.24) is 4.90 Å². The molecule has 1 rings (SSSR count). The van der Waals surface area contributed by atoms with Gasteiger partial charge >= 0.3 is 0 Å². The van der Waals surface area contributed by atoms with Crippen molar-refractivity contribution >= 4 is 17.6 Å². The molecular formula is C9H19N3OS. The van der Waals surface area contributed by atoms with E-state index in [2.05, 4.69) is 16.3 Å². The Morgan fingerprint density at radius 1 is 1.57 bits per heavy atom. The van der Waals surface area contributed by atoms with Crippen LogP contribution in [-0.4, -0.2) is 47.1 Å². The van der Waals surface area contributed by atoms with Gasteiger partial charge in [-0.1, -0.05) is 5.16 Å². The SMILES string of the molecule is CSCCN(CCC(N)=NO)C1CC1. The second kappa shape index (κ2) is 6.14. The molecule has 0 radical (unpaired) electrons. The molecule has 0 unspecified atom stereocenters. The van der Waals surface area contributed by atoms with E-state index < -0.39 is 0 Å². The van der Waals surface area contributed by atoms with E-state index in [-0.39, 0.29) is 0 Å². The highest BCUT2D eigenvalue weighted by Gasteiger charge is 2.28. The lowest BCUT2D eigenvalue weighted by atomic mass is 10.3. The normalized spacial score (nSPS) is 17.7. The van der Waals surface area contributed by atoms with Crippen LogP contribution >= 0.6 is 11.8 Å². The molecule has 0 aromatic heterocycles. The van der Waals surface area contributed by atoms with E-state index in [9.17, 15) is 0 Å². The highest BCUT2D eigenvalue weighted by molar-refractivity contribution is 7.98. The molecule has 0 aromatic carbocycles. The Kier molecular flexibility index (Phi) is 5.11. The van der Waals surface area contributed by atoms with Gasteiger partial charge in [0.1, 0.15) is 5.84 Å². The molecule has 1 saturated carbocycles. The first-order valence-electron chi connectivity index (χ1n) is 4.97. The molecule has 82 valence electrons. The quantitative estimate of drug-likeness (QED) is 0.288. The molecule has 1 aliphatic rings. The maximum atomic E-state index is 8.42. The van der Waals surface area contributed by atoms with E-state index >= 15 is 0 Å². The molecule has 0 atom stereocenters. The standard InChI is InChI=1S/C9H19N3OS/c1-14-7-6-12(8-2-3-8)5-4-9(10)11-13/h8,13H,2-7H2,1H3,(H2,10,11). The van der Waals surface area contributed by atoms with Crippen LogP contribution in [0.5, 0.6) is 0 Å². The first kappa shape index (κ1) is 11.7.